The number of carbonyl (C=O) groups excluding carboxylic acids is 2. The molecule has 0 spiro atoms. The summed E-state index contributed by atoms with van der Waals surface area (Å²) in [7, 11) is 0. The lowest BCUT2D eigenvalue weighted by Gasteiger charge is -2.24. The van der Waals surface area contributed by atoms with E-state index in [1.165, 1.54) is 22.3 Å². The molecule has 0 bridgehead atoms. The standard InChI is InChI=1S/C24H19F2NO3/c1-13-6-23(27(24(13)29)17-9-15(25)8-16(26)10-17)30-12-21-19-7-14-4-2-3-5-18(14)20(19)11-22(21)28/h2-6,8-10,12,19-20,23H,7,11H2,1H3/b21-12+. The number of anilines is 1. The smallest absolute Gasteiger partial charge is 0.257 e. The molecule has 30 heavy (non-hydrogen) atoms. The van der Waals surface area contributed by atoms with Gasteiger partial charge in [0.25, 0.3) is 5.91 Å². The first kappa shape index (κ1) is 18.7. The lowest BCUT2D eigenvalue weighted by atomic mass is 9.95. The zero-order chi connectivity index (χ0) is 21.0. The van der Waals surface area contributed by atoms with Crippen LogP contribution in [0.1, 0.15) is 30.4 Å². The number of hydrogen-bond acceptors (Lipinski definition) is 3. The second kappa shape index (κ2) is 6.90. The van der Waals surface area contributed by atoms with Gasteiger partial charge in [0.15, 0.2) is 12.0 Å². The Labute approximate surface area is 172 Å². The number of fused-ring (bicyclic) bond motifs is 3. The molecule has 6 heteroatoms. The van der Waals surface area contributed by atoms with Crippen molar-refractivity contribution in [1.82, 2.24) is 0 Å². The van der Waals surface area contributed by atoms with Crippen LogP contribution in [-0.2, 0) is 20.7 Å². The highest BCUT2D eigenvalue weighted by molar-refractivity contribution is 6.08. The Hall–Kier alpha value is -3.28. The van der Waals surface area contributed by atoms with Crippen LogP contribution in [0.4, 0.5) is 14.5 Å². The highest BCUT2D eigenvalue weighted by Gasteiger charge is 2.44. The minimum absolute atomic E-state index is 0.0351. The van der Waals surface area contributed by atoms with E-state index >= 15 is 0 Å². The Balaban J connectivity index is 1.43. The van der Waals surface area contributed by atoms with Gasteiger partial charge in [-0.05, 0) is 48.6 Å². The molecule has 3 unspecified atom stereocenters. The fourth-order valence-corrected chi connectivity index (χ4v) is 4.79. The summed E-state index contributed by atoms with van der Waals surface area (Å²) in [6.07, 6.45) is 3.37. The molecule has 152 valence electrons. The highest BCUT2D eigenvalue weighted by atomic mass is 19.1. The average Bonchev–Trinajstić information content (AvgIpc) is 3.29. The predicted molar refractivity (Wildman–Crippen MR) is 107 cm³/mol. The molecular formula is C24H19F2NO3. The van der Waals surface area contributed by atoms with Crippen LogP contribution in [0, 0.1) is 17.6 Å². The largest absolute Gasteiger partial charge is 0.474 e. The van der Waals surface area contributed by atoms with Gasteiger partial charge >= 0.3 is 0 Å². The third-order valence-corrected chi connectivity index (χ3v) is 6.17. The average molecular weight is 407 g/mol. The van der Waals surface area contributed by atoms with Crippen molar-refractivity contribution in [3.8, 4) is 0 Å². The lowest BCUT2D eigenvalue weighted by molar-refractivity contribution is -0.115. The van der Waals surface area contributed by atoms with Gasteiger partial charge in [0.2, 0.25) is 0 Å². The molecule has 2 aromatic carbocycles. The van der Waals surface area contributed by atoms with E-state index in [1.54, 1.807) is 13.0 Å². The van der Waals surface area contributed by atoms with Crippen molar-refractivity contribution in [2.75, 3.05) is 4.90 Å². The van der Waals surface area contributed by atoms with Gasteiger partial charge in [-0.2, -0.15) is 0 Å². The Bertz CT molecular complexity index is 1120. The molecule has 0 saturated heterocycles. The van der Waals surface area contributed by atoms with Gasteiger partial charge in [0.05, 0.1) is 11.9 Å². The van der Waals surface area contributed by atoms with Crippen LogP contribution < -0.4 is 4.90 Å². The third-order valence-electron chi connectivity index (χ3n) is 6.17. The van der Waals surface area contributed by atoms with Gasteiger partial charge in [-0.25, -0.2) is 8.78 Å². The first-order chi connectivity index (χ1) is 14.4. The summed E-state index contributed by atoms with van der Waals surface area (Å²) in [6, 6.07) is 11.0. The van der Waals surface area contributed by atoms with Crippen molar-refractivity contribution in [1.29, 1.82) is 0 Å². The second-order valence-corrected chi connectivity index (χ2v) is 8.00. The van der Waals surface area contributed by atoms with Crippen LogP contribution in [0.15, 0.2) is 65.9 Å². The highest BCUT2D eigenvalue weighted by Crippen LogP contribution is 2.49. The zero-order valence-corrected chi connectivity index (χ0v) is 16.3. The van der Waals surface area contributed by atoms with E-state index in [-0.39, 0.29) is 23.3 Å². The number of ketones is 1. The van der Waals surface area contributed by atoms with Crippen molar-refractivity contribution < 1.29 is 23.1 Å². The van der Waals surface area contributed by atoms with Crippen LogP contribution in [0.25, 0.3) is 0 Å². The Morgan fingerprint density at radius 1 is 1.03 bits per heavy atom. The molecule has 2 aliphatic carbocycles. The quantitative estimate of drug-likeness (QED) is 0.559. The van der Waals surface area contributed by atoms with E-state index in [0.29, 0.717) is 17.6 Å². The van der Waals surface area contributed by atoms with Gasteiger partial charge in [-0.15, -0.1) is 0 Å². The normalized spacial score (nSPS) is 26.2. The van der Waals surface area contributed by atoms with Crippen LogP contribution in [-0.4, -0.2) is 17.9 Å². The fourth-order valence-electron chi connectivity index (χ4n) is 4.79. The van der Waals surface area contributed by atoms with E-state index in [2.05, 4.69) is 12.1 Å². The van der Waals surface area contributed by atoms with Crippen molar-refractivity contribution in [2.45, 2.75) is 31.9 Å². The van der Waals surface area contributed by atoms with Crippen LogP contribution in [0.2, 0.25) is 0 Å². The van der Waals surface area contributed by atoms with Gasteiger partial charge in [0.1, 0.15) is 11.6 Å². The number of benzene rings is 2. The molecule has 1 saturated carbocycles. The summed E-state index contributed by atoms with van der Waals surface area (Å²) >= 11 is 0. The molecule has 1 amide bonds. The molecule has 0 N–H and O–H groups in total. The lowest BCUT2D eigenvalue weighted by Crippen LogP contribution is -2.35. The van der Waals surface area contributed by atoms with E-state index in [0.717, 1.165) is 24.6 Å². The molecule has 1 aliphatic heterocycles. The third kappa shape index (κ3) is 2.95. The summed E-state index contributed by atoms with van der Waals surface area (Å²) in [5, 5.41) is 0. The van der Waals surface area contributed by atoms with Gasteiger partial charge in [0, 0.05) is 29.6 Å². The first-order valence-electron chi connectivity index (χ1n) is 9.87. The first-order valence-corrected chi connectivity index (χ1v) is 9.87. The number of amides is 1. The number of halogens is 2. The topological polar surface area (TPSA) is 46.6 Å². The molecule has 3 aliphatic rings. The monoisotopic (exact) mass is 407 g/mol. The number of rotatable bonds is 3. The summed E-state index contributed by atoms with van der Waals surface area (Å²) in [4.78, 5) is 26.4. The molecule has 1 heterocycles. The van der Waals surface area contributed by atoms with Gasteiger partial charge in [-0.1, -0.05) is 24.3 Å². The van der Waals surface area contributed by atoms with Crippen molar-refractivity contribution in [3.63, 3.8) is 0 Å². The van der Waals surface area contributed by atoms with Crippen molar-refractivity contribution >= 4 is 17.4 Å². The minimum Gasteiger partial charge on any atom is -0.474 e. The SMILES string of the molecule is CC1=CC(O/C=C2/C(=O)CC3c4ccccc4CC23)N(c2cc(F)cc(F)c2)C1=O. The van der Waals surface area contributed by atoms with Gasteiger partial charge < -0.3 is 4.74 Å². The Morgan fingerprint density at radius 3 is 2.53 bits per heavy atom. The van der Waals surface area contributed by atoms with Crippen molar-refractivity contribution in [2.24, 2.45) is 5.92 Å². The fraction of sp³-hybridized carbons (Fsp3) is 0.250. The maximum atomic E-state index is 13.7. The van der Waals surface area contributed by atoms with E-state index in [9.17, 15) is 18.4 Å². The number of nitrogens with zero attached hydrogens (tertiary/aromatic N) is 1. The molecule has 4 nitrogen and oxygen atoms in total. The van der Waals surface area contributed by atoms with E-state index in [4.69, 9.17) is 4.74 Å². The predicted octanol–water partition coefficient (Wildman–Crippen LogP) is 4.41. The molecule has 0 aromatic heterocycles. The van der Waals surface area contributed by atoms with E-state index < -0.39 is 23.8 Å². The number of allylic oxidation sites excluding steroid dienone is 1. The summed E-state index contributed by atoms with van der Waals surface area (Å²) in [5.74, 6) is -1.72. The summed E-state index contributed by atoms with van der Waals surface area (Å²) < 4.78 is 33.3. The molecule has 3 atom stereocenters. The molecule has 1 fully saturated rings. The van der Waals surface area contributed by atoms with E-state index in [1.807, 2.05) is 12.1 Å². The minimum atomic E-state index is -0.873. The number of hydrogen-bond donors (Lipinski definition) is 0. The molecule has 0 radical (unpaired) electrons. The second-order valence-electron chi connectivity index (χ2n) is 8.00. The zero-order valence-electron chi connectivity index (χ0n) is 16.3. The molecular weight excluding hydrogens is 388 g/mol. The van der Waals surface area contributed by atoms with Crippen LogP contribution in [0.3, 0.4) is 0 Å². The Kier molecular flexibility index (Phi) is 4.31. The summed E-state index contributed by atoms with van der Waals surface area (Å²) in [6.45, 7) is 1.62. The molecule has 5 rings (SSSR count). The Morgan fingerprint density at radius 2 is 1.77 bits per heavy atom. The maximum Gasteiger partial charge on any atom is 0.257 e. The number of ether oxygens (including phenoxy) is 1. The van der Waals surface area contributed by atoms with Gasteiger partial charge in [-0.3, -0.25) is 14.5 Å². The van der Waals surface area contributed by atoms with Crippen LogP contribution >= 0.6 is 0 Å². The molecule has 2 aromatic rings. The number of carbonyl (C=O) groups is 2. The number of Topliss-reactive ketones (excluding diaryl/α,β-unsaturated/α-hetero) is 1. The summed E-state index contributed by atoms with van der Waals surface area (Å²) in [5.41, 5.74) is 3.54. The van der Waals surface area contributed by atoms with Crippen LogP contribution in [0.5, 0.6) is 0 Å². The maximum absolute atomic E-state index is 13.7. The van der Waals surface area contributed by atoms with Crippen molar-refractivity contribution in [3.05, 3.63) is 88.7 Å².